The van der Waals surface area contributed by atoms with E-state index < -0.39 is 0 Å². The van der Waals surface area contributed by atoms with E-state index in [1.165, 1.54) is 24.8 Å². The molecule has 2 atom stereocenters. The van der Waals surface area contributed by atoms with Gasteiger partial charge in [-0.1, -0.05) is 30.3 Å². The van der Waals surface area contributed by atoms with Gasteiger partial charge in [0.05, 0.1) is 0 Å². The first-order chi connectivity index (χ1) is 12.7. The minimum absolute atomic E-state index is 0. The maximum atomic E-state index is 13.1. The van der Waals surface area contributed by atoms with E-state index in [1.54, 1.807) is 0 Å². The summed E-state index contributed by atoms with van der Waals surface area (Å²) in [4.78, 5) is 17.8. The van der Waals surface area contributed by atoms with Crippen LogP contribution in [0, 0.1) is 17.3 Å². The van der Waals surface area contributed by atoms with Crippen molar-refractivity contribution in [2.75, 3.05) is 39.3 Å². The SMILES string of the molecule is CCN(CC1CCN(Cc2ccccc2)C1)C(=O)C1CC12CCNCC2.Cl.Cl. The zero-order chi connectivity index (χ0) is 18.0. The van der Waals surface area contributed by atoms with Crippen LogP contribution in [-0.4, -0.2) is 55.0 Å². The highest BCUT2D eigenvalue weighted by molar-refractivity contribution is 5.85. The Morgan fingerprint density at radius 2 is 1.93 bits per heavy atom. The first-order valence-electron chi connectivity index (χ1n) is 10.5. The molecule has 1 aromatic carbocycles. The summed E-state index contributed by atoms with van der Waals surface area (Å²) in [6.07, 6.45) is 4.73. The average molecular weight is 428 g/mol. The van der Waals surface area contributed by atoms with Crippen molar-refractivity contribution in [3.05, 3.63) is 35.9 Å². The van der Waals surface area contributed by atoms with Gasteiger partial charge in [-0.15, -0.1) is 24.8 Å². The van der Waals surface area contributed by atoms with Gasteiger partial charge in [-0.3, -0.25) is 9.69 Å². The summed E-state index contributed by atoms with van der Waals surface area (Å²) in [5, 5.41) is 3.44. The number of rotatable bonds is 6. The fourth-order valence-corrected chi connectivity index (χ4v) is 5.13. The van der Waals surface area contributed by atoms with Crippen molar-refractivity contribution in [1.82, 2.24) is 15.1 Å². The quantitative estimate of drug-likeness (QED) is 0.752. The summed E-state index contributed by atoms with van der Waals surface area (Å²) in [5.74, 6) is 1.38. The molecular formula is C22H35Cl2N3O. The van der Waals surface area contributed by atoms with Gasteiger partial charge < -0.3 is 10.2 Å². The number of hydrogen-bond acceptors (Lipinski definition) is 3. The van der Waals surface area contributed by atoms with Crippen LogP contribution in [0.1, 0.15) is 38.2 Å². The fourth-order valence-electron chi connectivity index (χ4n) is 5.13. The van der Waals surface area contributed by atoms with Crippen molar-refractivity contribution >= 4 is 30.7 Å². The lowest BCUT2D eigenvalue weighted by Gasteiger charge is -2.28. The molecule has 158 valence electrons. The minimum Gasteiger partial charge on any atom is -0.342 e. The lowest BCUT2D eigenvalue weighted by Crippen LogP contribution is -2.39. The Labute approximate surface area is 182 Å². The second kappa shape index (κ2) is 10.3. The molecule has 0 aromatic heterocycles. The van der Waals surface area contributed by atoms with E-state index in [-0.39, 0.29) is 24.8 Å². The van der Waals surface area contributed by atoms with E-state index in [1.807, 2.05) is 0 Å². The third-order valence-corrected chi connectivity index (χ3v) is 6.88. The molecule has 1 saturated carbocycles. The topological polar surface area (TPSA) is 35.6 Å². The minimum atomic E-state index is 0. The number of carbonyl (C=O) groups is 1. The number of piperidine rings is 1. The maximum absolute atomic E-state index is 13.1. The van der Waals surface area contributed by atoms with Crippen molar-refractivity contribution in [3.8, 4) is 0 Å². The molecule has 3 fully saturated rings. The number of halogens is 2. The molecule has 1 spiro atoms. The summed E-state index contributed by atoms with van der Waals surface area (Å²) in [6, 6.07) is 10.7. The lowest BCUT2D eigenvalue weighted by atomic mass is 9.91. The van der Waals surface area contributed by atoms with Crippen LogP contribution in [0.15, 0.2) is 30.3 Å². The molecular weight excluding hydrogens is 393 g/mol. The molecule has 4 nitrogen and oxygen atoms in total. The molecule has 2 saturated heterocycles. The molecule has 6 heteroatoms. The van der Waals surface area contributed by atoms with E-state index in [0.717, 1.165) is 52.2 Å². The van der Waals surface area contributed by atoms with Crippen LogP contribution in [0.4, 0.5) is 0 Å². The monoisotopic (exact) mass is 427 g/mol. The number of hydrogen-bond donors (Lipinski definition) is 1. The number of nitrogens with one attached hydrogen (secondary N) is 1. The first kappa shape index (κ1) is 23.5. The van der Waals surface area contributed by atoms with Crippen LogP contribution in [0.2, 0.25) is 0 Å². The number of nitrogens with zero attached hydrogens (tertiary/aromatic N) is 2. The van der Waals surface area contributed by atoms with E-state index in [4.69, 9.17) is 0 Å². The number of benzene rings is 1. The molecule has 1 amide bonds. The molecule has 0 radical (unpaired) electrons. The van der Waals surface area contributed by atoms with Crippen LogP contribution >= 0.6 is 24.8 Å². The van der Waals surface area contributed by atoms with Crippen LogP contribution in [-0.2, 0) is 11.3 Å². The van der Waals surface area contributed by atoms with E-state index in [2.05, 4.69) is 52.4 Å². The van der Waals surface area contributed by atoms with Crippen molar-refractivity contribution in [1.29, 1.82) is 0 Å². The molecule has 2 unspecified atom stereocenters. The Kier molecular flexibility index (Phi) is 8.62. The Bertz CT molecular complexity index is 621. The Morgan fingerprint density at radius 3 is 2.61 bits per heavy atom. The van der Waals surface area contributed by atoms with E-state index in [0.29, 0.717) is 23.2 Å². The van der Waals surface area contributed by atoms with Crippen molar-refractivity contribution in [2.24, 2.45) is 17.3 Å². The smallest absolute Gasteiger partial charge is 0.226 e. The molecule has 2 heterocycles. The van der Waals surface area contributed by atoms with E-state index in [9.17, 15) is 4.79 Å². The lowest BCUT2D eigenvalue weighted by molar-refractivity contribution is -0.134. The second-order valence-electron chi connectivity index (χ2n) is 8.62. The van der Waals surface area contributed by atoms with Gasteiger partial charge in [0.15, 0.2) is 0 Å². The highest BCUT2D eigenvalue weighted by Gasteiger charge is 2.58. The number of amides is 1. The van der Waals surface area contributed by atoms with Crippen LogP contribution < -0.4 is 5.32 Å². The summed E-state index contributed by atoms with van der Waals surface area (Å²) < 4.78 is 0. The zero-order valence-electron chi connectivity index (χ0n) is 16.9. The predicted molar refractivity (Wildman–Crippen MR) is 119 cm³/mol. The highest BCUT2D eigenvalue weighted by Crippen LogP contribution is 2.59. The van der Waals surface area contributed by atoms with Crippen LogP contribution in [0.5, 0.6) is 0 Å². The molecule has 1 aliphatic carbocycles. The molecule has 4 rings (SSSR count). The molecule has 28 heavy (non-hydrogen) atoms. The summed E-state index contributed by atoms with van der Waals surface area (Å²) in [7, 11) is 0. The summed E-state index contributed by atoms with van der Waals surface area (Å²) in [6.45, 7) is 9.45. The summed E-state index contributed by atoms with van der Waals surface area (Å²) >= 11 is 0. The van der Waals surface area contributed by atoms with Crippen molar-refractivity contribution < 1.29 is 4.79 Å². The van der Waals surface area contributed by atoms with Gasteiger partial charge in [0.1, 0.15) is 0 Å². The normalized spacial score (nSPS) is 25.6. The van der Waals surface area contributed by atoms with Gasteiger partial charge in [-0.2, -0.15) is 0 Å². The standard InChI is InChI=1S/C22H33N3O.2ClH/c1-2-25(21(26)20-14-22(20)9-11-23-12-10-22)17-19-8-13-24(16-19)15-18-6-4-3-5-7-18;;/h3-7,19-20,23H,2,8-17H2,1H3;2*1H. The molecule has 1 aromatic rings. The van der Waals surface area contributed by atoms with Crippen molar-refractivity contribution in [3.63, 3.8) is 0 Å². The van der Waals surface area contributed by atoms with Crippen LogP contribution in [0.25, 0.3) is 0 Å². The van der Waals surface area contributed by atoms with Gasteiger partial charge in [0.25, 0.3) is 0 Å². The molecule has 1 N–H and O–H groups in total. The Balaban J connectivity index is 0.00000140. The Hall–Kier alpha value is -0.810. The van der Waals surface area contributed by atoms with Crippen LogP contribution in [0.3, 0.4) is 0 Å². The van der Waals surface area contributed by atoms with E-state index >= 15 is 0 Å². The maximum Gasteiger partial charge on any atom is 0.226 e. The van der Waals surface area contributed by atoms with Gasteiger partial charge in [0.2, 0.25) is 5.91 Å². The van der Waals surface area contributed by atoms with Crippen molar-refractivity contribution in [2.45, 2.75) is 39.2 Å². The zero-order valence-corrected chi connectivity index (χ0v) is 18.6. The number of carbonyl (C=O) groups excluding carboxylic acids is 1. The third-order valence-electron chi connectivity index (χ3n) is 6.88. The van der Waals surface area contributed by atoms with Gasteiger partial charge in [-0.25, -0.2) is 0 Å². The van der Waals surface area contributed by atoms with Gasteiger partial charge in [-0.05, 0) is 69.1 Å². The largest absolute Gasteiger partial charge is 0.342 e. The number of likely N-dealkylation sites (tertiary alicyclic amines) is 1. The Morgan fingerprint density at radius 1 is 1.21 bits per heavy atom. The fraction of sp³-hybridized carbons (Fsp3) is 0.682. The molecule has 3 aliphatic rings. The summed E-state index contributed by atoms with van der Waals surface area (Å²) in [5.41, 5.74) is 1.74. The average Bonchev–Trinajstić information content (AvgIpc) is 3.17. The first-order valence-corrected chi connectivity index (χ1v) is 10.5. The molecule has 0 bridgehead atoms. The highest BCUT2D eigenvalue weighted by atomic mass is 35.5. The third kappa shape index (κ3) is 5.21. The predicted octanol–water partition coefficient (Wildman–Crippen LogP) is 3.59. The molecule has 2 aliphatic heterocycles. The van der Waals surface area contributed by atoms with Gasteiger partial charge in [0, 0.05) is 32.1 Å². The second-order valence-corrected chi connectivity index (χ2v) is 8.62. The van der Waals surface area contributed by atoms with Gasteiger partial charge >= 0.3 is 0 Å².